The Kier molecular flexibility index (Phi) is 4.90. The van der Waals surface area contributed by atoms with Crippen molar-refractivity contribution in [2.45, 2.75) is 20.4 Å². The lowest BCUT2D eigenvalue weighted by Crippen LogP contribution is -2.22. The summed E-state index contributed by atoms with van der Waals surface area (Å²) in [5.74, 6) is 1.60. The molecule has 3 aromatic rings. The second-order valence-corrected chi connectivity index (χ2v) is 5.44. The number of rotatable bonds is 7. The molecule has 0 aliphatic heterocycles. The van der Waals surface area contributed by atoms with E-state index in [-0.39, 0.29) is 0 Å². The molecule has 2 N–H and O–H groups in total. The van der Waals surface area contributed by atoms with Gasteiger partial charge in [0.2, 0.25) is 0 Å². The minimum Gasteiger partial charge on any atom is -0.496 e. The third-order valence-corrected chi connectivity index (χ3v) is 4.05. The number of fused-ring (bicyclic) bond motifs is 1. The smallest absolute Gasteiger partial charge is 0.182 e. The van der Waals surface area contributed by atoms with Gasteiger partial charge in [-0.3, -0.25) is 4.90 Å². The maximum Gasteiger partial charge on any atom is 0.182 e. The molecule has 0 saturated heterocycles. The van der Waals surface area contributed by atoms with Crippen molar-refractivity contribution in [2.24, 2.45) is 0 Å². The molecule has 0 atom stereocenters. The summed E-state index contributed by atoms with van der Waals surface area (Å²) in [7, 11) is 1.70. The van der Waals surface area contributed by atoms with E-state index in [1.807, 2.05) is 12.1 Å². The standard InChI is InChI=1S/C17H22N6O/c1-4-23(5-2)9-12-8-13(6-7-14(12)24-3)22-17-15-16(19-10-18-15)20-11-21-17/h6-8,10-11H,4-5,9H2,1-3H3,(H2,18,19,20,21,22). The maximum atomic E-state index is 5.50. The van der Waals surface area contributed by atoms with Crippen LogP contribution in [0.2, 0.25) is 0 Å². The number of aromatic nitrogens is 4. The van der Waals surface area contributed by atoms with Crippen LogP contribution in [0, 0.1) is 0 Å². The number of ether oxygens (including phenoxy) is 1. The molecular formula is C17H22N6O. The van der Waals surface area contributed by atoms with Crippen molar-refractivity contribution >= 4 is 22.7 Å². The molecule has 0 spiro atoms. The van der Waals surface area contributed by atoms with E-state index in [4.69, 9.17) is 4.74 Å². The van der Waals surface area contributed by atoms with E-state index in [9.17, 15) is 0 Å². The average molecular weight is 326 g/mol. The third kappa shape index (κ3) is 3.30. The Bertz CT molecular complexity index is 812. The molecule has 0 amide bonds. The summed E-state index contributed by atoms with van der Waals surface area (Å²) in [6.45, 7) is 7.16. The lowest BCUT2D eigenvalue weighted by Gasteiger charge is -2.20. The highest BCUT2D eigenvalue weighted by Gasteiger charge is 2.10. The van der Waals surface area contributed by atoms with E-state index in [2.05, 4.69) is 50.1 Å². The Morgan fingerprint density at radius 2 is 2.00 bits per heavy atom. The minimum absolute atomic E-state index is 0.643. The first-order valence-electron chi connectivity index (χ1n) is 8.05. The SMILES string of the molecule is CCN(CC)Cc1cc(Nc2ncnc3nc[nH]c23)ccc1OC. The average Bonchev–Trinajstić information content (AvgIpc) is 3.09. The number of hydrogen-bond donors (Lipinski definition) is 2. The van der Waals surface area contributed by atoms with Crippen LogP contribution in [0.4, 0.5) is 11.5 Å². The van der Waals surface area contributed by atoms with Crippen molar-refractivity contribution in [1.29, 1.82) is 0 Å². The topological polar surface area (TPSA) is 79.0 Å². The number of hydrogen-bond acceptors (Lipinski definition) is 6. The van der Waals surface area contributed by atoms with Crippen LogP contribution in [0.5, 0.6) is 5.75 Å². The summed E-state index contributed by atoms with van der Waals surface area (Å²) in [5, 5.41) is 3.34. The monoisotopic (exact) mass is 326 g/mol. The van der Waals surface area contributed by atoms with Crippen LogP contribution >= 0.6 is 0 Å². The van der Waals surface area contributed by atoms with Gasteiger partial charge in [-0.05, 0) is 31.3 Å². The summed E-state index contributed by atoms with van der Waals surface area (Å²) in [5.41, 5.74) is 3.52. The Morgan fingerprint density at radius 3 is 2.75 bits per heavy atom. The number of nitrogens with zero attached hydrogens (tertiary/aromatic N) is 4. The lowest BCUT2D eigenvalue weighted by atomic mass is 10.1. The van der Waals surface area contributed by atoms with E-state index < -0.39 is 0 Å². The molecule has 0 aliphatic rings. The summed E-state index contributed by atoms with van der Waals surface area (Å²) in [6, 6.07) is 6.06. The third-order valence-electron chi connectivity index (χ3n) is 4.05. The summed E-state index contributed by atoms with van der Waals surface area (Å²) in [4.78, 5) is 18.0. The molecule has 1 aromatic carbocycles. The van der Waals surface area contributed by atoms with Gasteiger partial charge < -0.3 is 15.0 Å². The van der Waals surface area contributed by atoms with Crippen LogP contribution < -0.4 is 10.1 Å². The van der Waals surface area contributed by atoms with Crippen molar-refractivity contribution in [3.05, 3.63) is 36.4 Å². The van der Waals surface area contributed by atoms with E-state index in [0.717, 1.165) is 42.2 Å². The van der Waals surface area contributed by atoms with Gasteiger partial charge in [-0.25, -0.2) is 15.0 Å². The Morgan fingerprint density at radius 1 is 1.17 bits per heavy atom. The van der Waals surface area contributed by atoms with Crippen molar-refractivity contribution in [1.82, 2.24) is 24.8 Å². The molecule has 7 heteroatoms. The van der Waals surface area contributed by atoms with Crippen LogP contribution in [0.3, 0.4) is 0 Å². The highest BCUT2D eigenvalue weighted by atomic mass is 16.5. The van der Waals surface area contributed by atoms with Gasteiger partial charge in [-0.1, -0.05) is 13.8 Å². The number of methoxy groups -OCH3 is 1. The predicted molar refractivity (Wildman–Crippen MR) is 94.6 cm³/mol. The van der Waals surface area contributed by atoms with Crippen molar-refractivity contribution in [3.8, 4) is 5.75 Å². The van der Waals surface area contributed by atoms with Gasteiger partial charge in [-0.15, -0.1) is 0 Å². The summed E-state index contributed by atoms with van der Waals surface area (Å²) in [6.07, 6.45) is 3.12. The number of nitrogens with one attached hydrogen (secondary N) is 2. The number of aromatic amines is 1. The quantitative estimate of drug-likeness (QED) is 0.695. The Balaban J connectivity index is 1.89. The molecule has 0 unspecified atom stereocenters. The molecule has 0 fully saturated rings. The van der Waals surface area contributed by atoms with Gasteiger partial charge >= 0.3 is 0 Å². The van der Waals surface area contributed by atoms with Crippen LogP contribution in [0.1, 0.15) is 19.4 Å². The van der Waals surface area contributed by atoms with E-state index in [1.54, 1.807) is 13.4 Å². The van der Waals surface area contributed by atoms with Gasteiger partial charge in [0.15, 0.2) is 11.5 Å². The maximum absolute atomic E-state index is 5.50. The first-order chi connectivity index (χ1) is 11.7. The zero-order valence-corrected chi connectivity index (χ0v) is 14.2. The zero-order valence-electron chi connectivity index (χ0n) is 14.2. The molecule has 0 saturated carbocycles. The fourth-order valence-electron chi connectivity index (χ4n) is 2.66. The molecule has 7 nitrogen and oxygen atoms in total. The molecule has 0 bridgehead atoms. The minimum atomic E-state index is 0.643. The number of H-pyrrole nitrogens is 1. The molecule has 24 heavy (non-hydrogen) atoms. The lowest BCUT2D eigenvalue weighted by molar-refractivity contribution is 0.289. The Labute approximate surface area is 141 Å². The van der Waals surface area contributed by atoms with Crippen molar-refractivity contribution < 1.29 is 4.74 Å². The van der Waals surface area contributed by atoms with Crippen LogP contribution in [0.25, 0.3) is 11.2 Å². The Hall–Kier alpha value is -2.67. The van der Waals surface area contributed by atoms with Crippen LogP contribution in [0.15, 0.2) is 30.9 Å². The zero-order chi connectivity index (χ0) is 16.9. The first-order valence-corrected chi connectivity index (χ1v) is 8.05. The van der Waals surface area contributed by atoms with Gasteiger partial charge in [0.25, 0.3) is 0 Å². The number of anilines is 2. The van der Waals surface area contributed by atoms with Crippen molar-refractivity contribution in [3.63, 3.8) is 0 Å². The normalized spacial score (nSPS) is 11.2. The molecule has 0 aliphatic carbocycles. The molecule has 126 valence electrons. The van der Waals surface area contributed by atoms with Gasteiger partial charge in [-0.2, -0.15) is 0 Å². The fourth-order valence-corrected chi connectivity index (χ4v) is 2.66. The van der Waals surface area contributed by atoms with Crippen LogP contribution in [-0.2, 0) is 6.54 Å². The molecular weight excluding hydrogens is 304 g/mol. The largest absolute Gasteiger partial charge is 0.496 e. The van der Waals surface area contributed by atoms with Gasteiger partial charge in [0.05, 0.1) is 13.4 Å². The summed E-state index contributed by atoms with van der Waals surface area (Å²) < 4.78 is 5.50. The number of imidazole rings is 1. The van der Waals surface area contributed by atoms with E-state index in [1.165, 1.54) is 6.33 Å². The first kappa shape index (κ1) is 16.2. The summed E-state index contributed by atoms with van der Waals surface area (Å²) >= 11 is 0. The van der Waals surface area contributed by atoms with Gasteiger partial charge in [0, 0.05) is 17.8 Å². The molecule has 2 aromatic heterocycles. The predicted octanol–water partition coefficient (Wildman–Crippen LogP) is 2.95. The molecule has 3 rings (SSSR count). The van der Waals surface area contributed by atoms with E-state index >= 15 is 0 Å². The van der Waals surface area contributed by atoms with Crippen LogP contribution in [-0.4, -0.2) is 45.0 Å². The van der Waals surface area contributed by atoms with Gasteiger partial charge in [0.1, 0.15) is 17.6 Å². The molecule has 2 heterocycles. The van der Waals surface area contributed by atoms with E-state index in [0.29, 0.717) is 11.5 Å². The second-order valence-electron chi connectivity index (χ2n) is 5.44. The van der Waals surface area contributed by atoms with Crippen molar-refractivity contribution in [2.75, 3.05) is 25.5 Å². The second kappa shape index (κ2) is 7.27. The highest BCUT2D eigenvalue weighted by molar-refractivity contribution is 5.84. The molecule has 0 radical (unpaired) electrons. The fraction of sp³-hybridized carbons (Fsp3) is 0.353. The highest BCUT2D eigenvalue weighted by Crippen LogP contribution is 2.27. The number of benzene rings is 1.